The van der Waals surface area contributed by atoms with Crippen LogP contribution in [0.4, 0.5) is 0 Å². The highest BCUT2D eigenvalue weighted by Gasteiger charge is 2.56. The highest BCUT2D eigenvalue weighted by Crippen LogP contribution is 2.39. The Morgan fingerprint density at radius 3 is 2.19 bits per heavy atom. The molecule has 1 amide bonds. The molecule has 0 radical (unpaired) electrons. The van der Waals surface area contributed by atoms with E-state index in [2.05, 4.69) is 13.5 Å². The molecule has 322 valence electrons. The maximum absolute atomic E-state index is 14.3. The number of rotatable bonds is 6. The van der Waals surface area contributed by atoms with Crippen molar-refractivity contribution in [3.8, 4) is 0 Å². The number of nitrogens with zero attached hydrogens (tertiary/aromatic N) is 1. The second-order valence-electron chi connectivity index (χ2n) is 17.3. The minimum absolute atomic E-state index is 0.0331. The fourth-order valence-corrected chi connectivity index (χ4v) is 9.47. The van der Waals surface area contributed by atoms with Gasteiger partial charge in [-0.3, -0.25) is 14.4 Å². The smallest absolute Gasteiger partial charge is 0.329 e. The van der Waals surface area contributed by atoms with Crippen LogP contribution in [0.2, 0.25) is 0 Å². The molecule has 13 heteroatoms. The SMILES string of the molecule is C=CC/C1=C\C(C)C[C@@H](C)C[C@H](OC)[C@H]2O[C@@](O)(C(=O)C(=O)N3CCCC[C@H]3C(=O)OC([C@H]3CC[C@H](O)[C@@H](OC)C3)C(C)=C[C@H](C)[C@H](O)CC1=O)[C@H](C)C[C@@H]2OC. The first-order valence-corrected chi connectivity index (χ1v) is 20.9. The zero-order valence-corrected chi connectivity index (χ0v) is 35.4. The van der Waals surface area contributed by atoms with Gasteiger partial charge in [0.15, 0.2) is 5.78 Å². The Kier molecular flexibility index (Phi) is 17.2. The number of esters is 1. The third-order valence-corrected chi connectivity index (χ3v) is 12.8. The Labute approximate surface area is 339 Å². The summed E-state index contributed by atoms with van der Waals surface area (Å²) >= 11 is 0. The summed E-state index contributed by atoms with van der Waals surface area (Å²) in [6, 6.07) is -1.10. The molecule has 14 atom stereocenters. The van der Waals surface area contributed by atoms with Crippen molar-refractivity contribution in [3.05, 3.63) is 36.0 Å². The normalized spacial score (nSPS) is 41.0. The molecule has 0 aromatic carbocycles. The van der Waals surface area contributed by atoms with Gasteiger partial charge in [0.1, 0.15) is 18.2 Å². The van der Waals surface area contributed by atoms with Gasteiger partial charge in [0.25, 0.3) is 11.7 Å². The highest BCUT2D eigenvalue weighted by molar-refractivity contribution is 6.39. The van der Waals surface area contributed by atoms with Gasteiger partial charge in [-0.2, -0.15) is 0 Å². The van der Waals surface area contributed by atoms with Gasteiger partial charge in [-0.15, -0.1) is 6.58 Å². The first-order valence-electron chi connectivity index (χ1n) is 20.9. The number of fused-ring (bicyclic) bond motifs is 3. The van der Waals surface area contributed by atoms with Crippen LogP contribution in [-0.2, 0) is 42.9 Å². The Hall–Kier alpha value is -2.78. The predicted molar refractivity (Wildman–Crippen MR) is 213 cm³/mol. The number of allylic oxidation sites excluding steroid dienone is 3. The third kappa shape index (κ3) is 11.3. The van der Waals surface area contributed by atoms with E-state index in [-0.39, 0.29) is 49.3 Å². The molecule has 0 aromatic heterocycles. The Bertz CT molecular complexity index is 1480. The first kappa shape index (κ1) is 46.9. The van der Waals surface area contributed by atoms with E-state index in [0.717, 1.165) is 0 Å². The summed E-state index contributed by atoms with van der Waals surface area (Å²) in [5, 5.41) is 34.0. The van der Waals surface area contributed by atoms with Crippen LogP contribution in [0.25, 0.3) is 0 Å². The van der Waals surface area contributed by atoms with E-state index in [4.69, 9.17) is 23.7 Å². The number of amides is 1. The summed E-state index contributed by atoms with van der Waals surface area (Å²) in [5.74, 6) is -7.16. The van der Waals surface area contributed by atoms with Gasteiger partial charge in [0, 0.05) is 52.0 Å². The van der Waals surface area contributed by atoms with Crippen LogP contribution in [-0.4, -0.2) is 126 Å². The second kappa shape index (κ2) is 21.0. The fourth-order valence-electron chi connectivity index (χ4n) is 9.47. The van der Waals surface area contributed by atoms with Crippen molar-refractivity contribution in [1.29, 1.82) is 0 Å². The van der Waals surface area contributed by atoms with Gasteiger partial charge in [0.05, 0.1) is 30.5 Å². The molecule has 0 spiro atoms. The molecule has 1 aliphatic carbocycles. The van der Waals surface area contributed by atoms with Crippen molar-refractivity contribution in [2.24, 2.45) is 29.6 Å². The Balaban J connectivity index is 1.78. The lowest BCUT2D eigenvalue weighted by Crippen LogP contribution is -2.64. The number of piperidine rings is 1. The van der Waals surface area contributed by atoms with Crippen molar-refractivity contribution in [2.75, 3.05) is 27.9 Å². The van der Waals surface area contributed by atoms with Crippen LogP contribution in [0.3, 0.4) is 0 Å². The second-order valence-corrected chi connectivity index (χ2v) is 17.3. The number of carbonyl (C=O) groups is 4. The van der Waals surface area contributed by atoms with E-state index in [1.54, 1.807) is 13.0 Å². The fraction of sp³-hybridized carbons (Fsp3) is 0.773. The average Bonchev–Trinajstić information content (AvgIpc) is 3.18. The Morgan fingerprint density at radius 2 is 1.54 bits per heavy atom. The number of cyclic esters (lactones) is 1. The molecule has 3 aliphatic heterocycles. The number of hydrogen-bond acceptors (Lipinski definition) is 12. The van der Waals surface area contributed by atoms with Crippen LogP contribution >= 0.6 is 0 Å². The highest BCUT2D eigenvalue weighted by atomic mass is 16.7. The van der Waals surface area contributed by atoms with Crippen LogP contribution in [0.5, 0.6) is 0 Å². The van der Waals surface area contributed by atoms with Crippen LogP contribution < -0.4 is 0 Å². The average molecular weight is 804 g/mol. The van der Waals surface area contributed by atoms with Gasteiger partial charge in [-0.25, -0.2) is 4.79 Å². The van der Waals surface area contributed by atoms with E-state index in [1.165, 1.54) is 26.2 Å². The molecule has 2 bridgehead atoms. The predicted octanol–water partition coefficient (Wildman–Crippen LogP) is 4.64. The molecule has 1 saturated carbocycles. The van der Waals surface area contributed by atoms with E-state index in [0.29, 0.717) is 62.5 Å². The molecule has 3 fully saturated rings. The molecule has 4 rings (SSSR count). The van der Waals surface area contributed by atoms with Gasteiger partial charge < -0.3 is 43.9 Å². The van der Waals surface area contributed by atoms with Crippen molar-refractivity contribution < 1.29 is 58.2 Å². The van der Waals surface area contributed by atoms with Gasteiger partial charge >= 0.3 is 5.97 Å². The zero-order chi connectivity index (χ0) is 42.2. The lowest BCUT2D eigenvalue weighted by Gasteiger charge is -2.47. The maximum atomic E-state index is 14.3. The van der Waals surface area contributed by atoms with Crippen LogP contribution in [0.1, 0.15) is 105 Å². The van der Waals surface area contributed by atoms with Crippen LogP contribution in [0, 0.1) is 29.6 Å². The van der Waals surface area contributed by atoms with Crippen molar-refractivity contribution in [3.63, 3.8) is 0 Å². The van der Waals surface area contributed by atoms with Crippen molar-refractivity contribution in [2.45, 2.75) is 160 Å². The summed E-state index contributed by atoms with van der Waals surface area (Å²) in [6.07, 6.45) is 4.63. The summed E-state index contributed by atoms with van der Waals surface area (Å²) in [7, 11) is 4.58. The number of carbonyl (C=O) groups excluding carboxylic acids is 4. The van der Waals surface area contributed by atoms with E-state index >= 15 is 0 Å². The first-order chi connectivity index (χ1) is 27.0. The molecule has 57 heavy (non-hydrogen) atoms. The van der Waals surface area contributed by atoms with E-state index < -0.39 is 84.1 Å². The summed E-state index contributed by atoms with van der Waals surface area (Å²) in [4.78, 5) is 57.7. The molecular formula is C44H69NO12. The summed E-state index contributed by atoms with van der Waals surface area (Å²) in [5.41, 5.74) is 1.21. The quantitative estimate of drug-likeness (QED) is 0.193. The number of ether oxygens (including phenoxy) is 5. The molecule has 3 heterocycles. The molecule has 13 nitrogen and oxygen atoms in total. The number of hydrogen-bond donors (Lipinski definition) is 3. The van der Waals surface area contributed by atoms with Crippen molar-refractivity contribution in [1.82, 2.24) is 4.90 Å². The third-order valence-electron chi connectivity index (χ3n) is 12.8. The lowest BCUT2D eigenvalue weighted by atomic mass is 9.79. The number of aliphatic hydroxyl groups excluding tert-OH is 2. The molecule has 3 N–H and O–H groups in total. The van der Waals surface area contributed by atoms with E-state index in [9.17, 15) is 34.5 Å². The number of methoxy groups -OCH3 is 3. The summed E-state index contributed by atoms with van der Waals surface area (Å²) < 4.78 is 29.9. The van der Waals surface area contributed by atoms with Gasteiger partial charge in [0.2, 0.25) is 5.79 Å². The lowest BCUT2D eigenvalue weighted by molar-refractivity contribution is -0.302. The van der Waals surface area contributed by atoms with Crippen molar-refractivity contribution >= 4 is 23.4 Å². The molecule has 2 saturated heterocycles. The number of ketones is 2. The monoisotopic (exact) mass is 803 g/mol. The van der Waals surface area contributed by atoms with Gasteiger partial charge in [-0.05, 0) is 94.1 Å². The standard InChI is InChI=1S/C44H69NO12/c1-10-13-30-19-25(2)18-26(3)20-37(54-8)40-38(55-9)22-29(6)44(52,57-40)41(49)42(50)45-17-12-11-14-32(45)43(51)56-39(31-15-16-33(46)36(23-31)53-7)28(5)21-27(4)34(47)24-35(30)48/h10,19,21,25-27,29,31-34,36-40,46-47,52H,1,11-18,20,22-24H2,2-9H3/b28-21?,30-19+/t25?,26-,27+,29-,31+,32+,33+,34-,36+,37+,38+,39?,40-,44-/m1/s1. The number of aliphatic hydroxyl groups is 3. The largest absolute Gasteiger partial charge is 0.456 e. The molecular weight excluding hydrogens is 734 g/mol. The molecule has 0 aromatic rings. The molecule has 4 aliphatic rings. The minimum atomic E-state index is -2.51. The van der Waals surface area contributed by atoms with Gasteiger partial charge in [-0.1, -0.05) is 45.9 Å². The van der Waals surface area contributed by atoms with Crippen LogP contribution in [0.15, 0.2) is 36.0 Å². The van der Waals surface area contributed by atoms with E-state index in [1.807, 2.05) is 32.9 Å². The maximum Gasteiger partial charge on any atom is 0.329 e. The summed E-state index contributed by atoms with van der Waals surface area (Å²) in [6.45, 7) is 13.3. The topological polar surface area (TPSA) is 178 Å². The zero-order valence-electron chi connectivity index (χ0n) is 35.4. The Morgan fingerprint density at radius 1 is 0.877 bits per heavy atom. The minimum Gasteiger partial charge on any atom is -0.456 e. The molecule has 2 unspecified atom stereocenters. The number of Topliss-reactive ketones (excluding diaryl/α,β-unsaturated/α-hetero) is 2.